The van der Waals surface area contributed by atoms with E-state index in [4.69, 9.17) is 16.1 Å². The van der Waals surface area contributed by atoms with E-state index in [0.717, 1.165) is 17.0 Å². The molecule has 0 saturated carbocycles. The summed E-state index contributed by atoms with van der Waals surface area (Å²) in [6.45, 7) is 3.72. The van der Waals surface area contributed by atoms with Crippen molar-refractivity contribution in [3.63, 3.8) is 0 Å². The first kappa shape index (κ1) is 9.21. The van der Waals surface area contributed by atoms with Crippen LogP contribution in [-0.2, 0) is 0 Å². The van der Waals surface area contributed by atoms with Gasteiger partial charge in [0.1, 0.15) is 5.76 Å². The van der Waals surface area contributed by atoms with Gasteiger partial charge in [0.15, 0.2) is 0 Å². The second kappa shape index (κ2) is 3.42. The van der Waals surface area contributed by atoms with Crippen LogP contribution in [0.25, 0.3) is 11.3 Å². The number of nitrogens with zero attached hydrogens (tertiary/aromatic N) is 2. The predicted molar refractivity (Wildman–Crippen MR) is 53.1 cm³/mol. The molecule has 0 amide bonds. The molecule has 0 aliphatic carbocycles. The lowest BCUT2D eigenvalue weighted by atomic mass is 10.1. The van der Waals surface area contributed by atoms with Crippen molar-refractivity contribution in [2.45, 2.75) is 13.8 Å². The highest BCUT2D eigenvalue weighted by Crippen LogP contribution is 2.24. The molecule has 1 radical (unpaired) electrons. The zero-order valence-corrected chi connectivity index (χ0v) is 8.59. The Labute approximate surface area is 86.7 Å². The van der Waals surface area contributed by atoms with Gasteiger partial charge < -0.3 is 4.52 Å². The Hall–Kier alpha value is -1.35. The first-order valence-electron chi connectivity index (χ1n) is 4.15. The number of aryl methyl sites for hydroxylation is 2. The Morgan fingerprint density at radius 1 is 1.43 bits per heavy atom. The van der Waals surface area contributed by atoms with E-state index in [1.165, 1.54) is 0 Å². The summed E-state index contributed by atoms with van der Waals surface area (Å²) in [6.07, 6.45) is 1.58. The third-order valence-corrected chi connectivity index (χ3v) is 2.14. The summed E-state index contributed by atoms with van der Waals surface area (Å²) in [5.41, 5.74) is 2.42. The summed E-state index contributed by atoms with van der Waals surface area (Å²) in [5.74, 6) is 0.744. The lowest BCUT2D eigenvalue weighted by molar-refractivity contribution is 0.393. The van der Waals surface area contributed by atoms with Gasteiger partial charge in [-0.1, -0.05) is 16.8 Å². The molecule has 3 nitrogen and oxygen atoms in total. The SMILES string of the molecule is Cc1noc(C)c1-c1[c]cc(Cl)cn1. The van der Waals surface area contributed by atoms with Crippen molar-refractivity contribution in [1.29, 1.82) is 0 Å². The summed E-state index contributed by atoms with van der Waals surface area (Å²) < 4.78 is 5.04. The van der Waals surface area contributed by atoms with E-state index in [1.54, 1.807) is 12.3 Å². The fourth-order valence-corrected chi connectivity index (χ4v) is 1.40. The van der Waals surface area contributed by atoms with Crippen molar-refractivity contribution >= 4 is 11.6 Å². The molecule has 0 aliphatic rings. The predicted octanol–water partition coefficient (Wildman–Crippen LogP) is 2.81. The summed E-state index contributed by atoms with van der Waals surface area (Å²) in [6, 6.07) is 4.65. The van der Waals surface area contributed by atoms with Crippen molar-refractivity contribution in [3.05, 3.63) is 34.8 Å². The van der Waals surface area contributed by atoms with Crippen LogP contribution >= 0.6 is 11.6 Å². The Bertz CT molecular complexity index is 428. The molecule has 0 atom stereocenters. The van der Waals surface area contributed by atoms with E-state index in [1.807, 2.05) is 13.8 Å². The van der Waals surface area contributed by atoms with Crippen LogP contribution in [0.5, 0.6) is 0 Å². The summed E-state index contributed by atoms with van der Waals surface area (Å²) in [7, 11) is 0. The summed E-state index contributed by atoms with van der Waals surface area (Å²) in [4.78, 5) is 4.15. The van der Waals surface area contributed by atoms with E-state index in [9.17, 15) is 0 Å². The van der Waals surface area contributed by atoms with Crippen LogP contribution in [0.15, 0.2) is 16.8 Å². The first-order valence-corrected chi connectivity index (χ1v) is 4.53. The number of rotatable bonds is 1. The van der Waals surface area contributed by atoms with Gasteiger partial charge in [0.2, 0.25) is 0 Å². The van der Waals surface area contributed by atoms with E-state index >= 15 is 0 Å². The van der Waals surface area contributed by atoms with E-state index in [0.29, 0.717) is 10.7 Å². The van der Waals surface area contributed by atoms with Gasteiger partial charge in [0.05, 0.1) is 22.0 Å². The molecule has 0 spiro atoms. The molecule has 0 bridgehead atoms. The van der Waals surface area contributed by atoms with Crippen molar-refractivity contribution in [1.82, 2.24) is 10.1 Å². The molecule has 0 aliphatic heterocycles. The van der Waals surface area contributed by atoms with Gasteiger partial charge in [-0.25, -0.2) is 0 Å². The van der Waals surface area contributed by atoms with Crippen LogP contribution in [0, 0.1) is 19.9 Å². The van der Waals surface area contributed by atoms with Crippen molar-refractivity contribution in [3.8, 4) is 11.3 Å². The maximum Gasteiger partial charge on any atom is 0.143 e. The van der Waals surface area contributed by atoms with Crippen LogP contribution in [0.2, 0.25) is 5.02 Å². The quantitative estimate of drug-likeness (QED) is 0.722. The van der Waals surface area contributed by atoms with Crippen LogP contribution in [0.1, 0.15) is 11.5 Å². The normalized spacial score (nSPS) is 10.5. The second-order valence-corrected chi connectivity index (χ2v) is 3.42. The zero-order chi connectivity index (χ0) is 10.1. The van der Waals surface area contributed by atoms with Gasteiger partial charge in [0.25, 0.3) is 0 Å². The van der Waals surface area contributed by atoms with Crippen LogP contribution in [-0.4, -0.2) is 10.1 Å². The van der Waals surface area contributed by atoms with Gasteiger partial charge in [-0.2, -0.15) is 0 Å². The highest BCUT2D eigenvalue weighted by molar-refractivity contribution is 6.30. The molecule has 0 fully saturated rings. The van der Waals surface area contributed by atoms with Crippen LogP contribution in [0.4, 0.5) is 0 Å². The number of aromatic nitrogens is 2. The maximum atomic E-state index is 5.72. The Morgan fingerprint density at radius 2 is 2.21 bits per heavy atom. The number of halogens is 1. The average molecular weight is 208 g/mol. The third kappa shape index (κ3) is 1.51. The lowest BCUT2D eigenvalue weighted by Crippen LogP contribution is -1.85. The lowest BCUT2D eigenvalue weighted by Gasteiger charge is -1.97. The molecular formula is C10H8ClN2O. The Kier molecular flexibility index (Phi) is 2.25. The zero-order valence-electron chi connectivity index (χ0n) is 7.84. The smallest absolute Gasteiger partial charge is 0.143 e. The second-order valence-electron chi connectivity index (χ2n) is 2.98. The molecule has 2 aromatic heterocycles. The minimum absolute atomic E-state index is 0.570. The fraction of sp³-hybridized carbons (Fsp3) is 0.200. The topological polar surface area (TPSA) is 38.9 Å². The molecule has 71 valence electrons. The standard InChI is InChI=1S/C10H8ClN2O/c1-6-10(7(2)14-13-6)9-4-3-8(11)5-12-9/h3,5H,1-2H3. The summed E-state index contributed by atoms with van der Waals surface area (Å²) in [5, 5.41) is 4.42. The molecule has 4 heteroatoms. The van der Waals surface area contributed by atoms with Crippen molar-refractivity contribution < 1.29 is 4.52 Å². The highest BCUT2D eigenvalue weighted by atomic mass is 35.5. The van der Waals surface area contributed by atoms with Gasteiger partial charge in [-0.05, 0) is 19.9 Å². The molecule has 0 unspecified atom stereocenters. The highest BCUT2D eigenvalue weighted by Gasteiger charge is 2.12. The van der Waals surface area contributed by atoms with Crippen molar-refractivity contribution in [2.75, 3.05) is 0 Å². The van der Waals surface area contributed by atoms with Crippen LogP contribution in [0.3, 0.4) is 0 Å². The monoisotopic (exact) mass is 207 g/mol. The van der Waals surface area contributed by atoms with E-state index in [-0.39, 0.29) is 0 Å². The third-order valence-electron chi connectivity index (χ3n) is 1.93. The van der Waals surface area contributed by atoms with E-state index < -0.39 is 0 Å². The minimum Gasteiger partial charge on any atom is -0.361 e. The molecule has 2 rings (SSSR count). The van der Waals surface area contributed by atoms with Crippen LogP contribution < -0.4 is 0 Å². The average Bonchev–Trinajstić information content (AvgIpc) is 2.49. The Balaban J connectivity index is 2.54. The molecular weight excluding hydrogens is 200 g/mol. The summed E-state index contributed by atoms with van der Waals surface area (Å²) >= 11 is 5.72. The molecule has 14 heavy (non-hydrogen) atoms. The molecule has 0 aromatic carbocycles. The molecule has 0 N–H and O–H groups in total. The largest absolute Gasteiger partial charge is 0.361 e. The number of hydrogen-bond donors (Lipinski definition) is 0. The maximum absolute atomic E-state index is 5.72. The van der Waals surface area contributed by atoms with Gasteiger partial charge >= 0.3 is 0 Å². The van der Waals surface area contributed by atoms with E-state index in [2.05, 4.69) is 16.2 Å². The van der Waals surface area contributed by atoms with Gasteiger partial charge in [0, 0.05) is 12.3 Å². The van der Waals surface area contributed by atoms with Crippen molar-refractivity contribution in [2.24, 2.45) is 0 Å². The molecule has 2 aromatic rings. The van der Waals surface area contributed by atoms with Gasteiger partial charge in [-0.15, -0.1) is 0 Å². The molecule has 2 heterocycles. The number of hydrogen-bond acceptors (Lipinski definition) is 3. The Morgan fingerprint density at radius 3 is 2.71 bits per heavy atom. The molecule has 0 saturated heterocycles. The van der Waals surface area contributed by atoms with Gasteiger partial charge in [-0.3, -0.25) is 4.98 Å². The fourth-order valence-electron chi connectivity index (χ4n) is 1.30. The number of pyridine rings is 1. The first-order chi connectivity index (χ1) is 6.68. The minimum atomic E-state index is 0.570.